The Hall–Kier alpha value is -2.03. The van der Waals surface area contributed by atoms with E-state index in [0.717, 1.165) is 23.2 Å². The van der Waals surface area contributed by atoms with Crippen LogP contribution in [0.4, 0.5) is 21.5 Å². The molecule has 2 rings (SSSR count). The summed E-state index contributed by atoms with van der Waals surface area (Å²) in [7, 11) is 0. The van der Waals surface area contributed by atoms with Crippen LogP contribution in [-0.4, -0.2) is 0 Å². The smallest absolute Gasteiger partial charge is 0.148 e. The number of rotatable bonds is 3. The average molecular weight is 244 g/mol. The minimum absolute atomic E-state index is 0.333. The van der Waals surface area contributed by atoms with Crippen molar-refractivity contribution in [2.24, 2.45) is 0 Å². The van der Waals surface area contributed by atoms with Crippen LogP contribution < -0.4 is 11.1 Å². The van der Waals surface area contributed by atoms with Gasteiger partial charge in [0.15, 0.2) is 0 Å². The van der Waals surface area contributed by atoms with Crippen LogP contribution in [0, 0.1) is 12.7 Å². The number of halogens is 1. The highest BCUT2D eigenvalue weighted by atomic mass is 19.1. The van der Waals surface area contributed by atoms with Gasteiger partial charge in [-0.25, -0.2) is 4.39 Å². The molecule has 3 N–H and O–H groups in total. The molecular weight excluding hydrogens is 227 g/mol. The number of nitrogens with two attached hydrogens (primary N) is 1. The minimum atomic E-state index is -0.333. The predicted octanol–water partition coefficient (Wildman–Crippen LogP) is 4.02. The van der Waals surface area contributed by atoms with Crippen molar-refractivity contribution in [3.8, 4) is 0 Å². The van der Waals surface area contributed by atoms with Gasteiger partial charge in [0.05, 0.1) is 11.4 Å². The van der Waals surface area contributed by atoms with Gasteiger partial charge in [0.2, 0.25) is 0 Å². The molecule has 0 aliphatic carbocycles. The number of benzene rings is 2. The summed E-state index contributed by atoms with van der Waals surface area (Å²) in [6.45, 7) is 4.07. The van der Waals surface area contributed by atoms with Gasteiger partial charge < -0.3 is 11.1 Å². The van der Waals surface area contributed by atoms with Crippen molar-refractivity contribution in [1.82, 2.24) is 0 Å². The first kappa shape index (κ1) is 12.4. The zero-order chi connectivity index (χ0) is 13.1. The van der Waals surface area contributed by atoms with Crippen LogP contribution in [0.3, 0.4) is 0 Å². The van der Waals surface area contributed by atoms with Crippen LogP contribution in [-0.2, 0) is 6.42 Å². The van der Waals surface area contributed by atoms with Crippen LogP contribution in [0.5, 0.6) is 0 Å². The van der Waals surface area contributed by atoms with Gasteiger partial charge in [0.1, 0.15) is 5.82 Å². The third-order valence-electron chi connectivity index (χ3n) is 3.04. The number of anilines is 3. The molecule has 0 fully saturated rings. The highest BCUT2D eigenvalue weighted by Crippen LogP contribution is 2.30. The van der Waals surface area contributed by atoms with Crippen molar-refractivity contribution in [2.75, 3.05) is 11.1 Å². The van der Waals surface area contributed by atoms with Gasteiger partial charge in [-0.2, -0.15) is 0 Å². The Morgan fingerprint density at radius 2 is 1.83 bits per heavy atom. The topological polar surface area (TPSA) is 38.0 Å². The molecule has 3 heteroatoms. The van der Waals surface area contributed by atoms with Gasteiger partial charge in [0.25, 0.3) is 0 Å². The third kappa shape index (κ3) is 2.30. The Bertz CT molecular complexity index is 544. The molecule has 0 radical (unpaired) electrons. The van der Waals surface area contributed by atoms with E-state index in [2.05, 4.69) is 12.2 Å². The maximum absolute atomic E-state index is 13.8. The molecule has 2 aromatic rings. The van der Waals surface area contributed by atoms with Crippen molar-refractivity contribution in [3.63, 3.8) is 0 Å². The van der Waals surface area contributed by atoms with Crippen LogP contribution in [0.25, 0.3) is 0 Å². The molecule has 2 aromatic carbocycles. The van der Waals surface area contributed by atoms with Crippen molar-refractivity contribution in [3.05, 3.63) is 53.3 Å². The molecule has 0 aliphatic rings. The Labute approximate surface area is 107 Å². The van der Waals surface area contributed by atoms with Gasteiger partial charge in [-0.3, -0.25) is 0 Å². The van der Waals surface area contributed by atoms with Gasteiger partial charge in [0, 0.05) is 5.69 Å². The fourth-order valence-corrected chi connectivity index (χ4v) is 2.00. The van der Waals surface area contributed by atoms with Crippen molar-refractivity contribution in [2.45, 2.75) is 20.3 Å². The second kappa shape index (κ2) is 5.08. The Balaban J connectivity index is 2.46. The van der Waals surface area contributed by atoms with Gasteiger partial charge in [-0.15, -0.1) is 0 Å². The lowest BCUT2D eigenvalue weighted by molar-refractivity contribution is 0.632. The number of para-hydroxylation sites is 2. The van der Waals surface area contributed by atoms with E-state index in [9.17, 15) is 4.39 Å². The van der Waals surface area contributed by atoms with Crippen molar-refractivity contribution in [1.29, 1.82) is 0 Å². The highest BCUT2D eigenvalue weighted by Gasteiger charge is 2.10. The van der Waals surface area contributed by atoms with E-state index in [4.69, 9.17) is 5.73 Å². The lowest BCUT2D eigenvalue weighted by atomic mass is 10.1. The molecule has 0 heterocycles. The van der Waals surface area contributed by atoms with E-state index < -0.39 is 0 Å². The Morgan fingerprint density at radius 3 is 2.50 bits per heavy atom. The molecule has 0 amide bonds. The van der Waals surface area contributed by atoms with E-state index >= 15 is 0 Å². The predicted molar refractivity (Wildman–Crippen MR) is 74.7 cm³/mol. The van der Waals surface area contributed by atoms with Gasteiger partial charge in [-0.1, -0.05) is 31.2 Å². The van der Waals surface area contributed by atoms with Crippen molar-refractivity contribution >= 4 is 17.1 Å². The lowest BCUT2D eigenvalue weighted by Gasteiger charge is -2.16. The third-order valence-corrected chi connectivity index (χ3v) is 3.04. The lowest BCUT2D eigenvalue weighted by Crippen LogP contribution is -2.03. The molecule has 2 nitrogen and oxygen atoms in total. The van der Waals surface area contributed by atoms with Gasteiger partial charge >= 0.3 is 0 Å². The van der Waals surface area contributed by atoms with E-state index in [1.54, 1.807) is 12.1 Å². The van der Waals surface area contributed by atoms with E-state index in [0.29, 0.717) is 11.4 Å². The van der Waals surface area contributed by atoms with Crippen LogP contribution in [0.15, 0.2) is 36.4 Å². The first-order chi connectivity index (χ1) is 8.63. The molecule has 0 aliphatic heterocycles. The van der Waals surface area contributed by atoms with Crippen LogP contribution in [0.2, 0.25) is 0 Å². The number of nitrogens with one attached hydrogen (secondary N) is 1. The Kier molecular flexibility index (Phi) is 3.51. The fourth-order valence-electron chi connectivity index (χ4n) is 2.00. The van der Waals surface area contributed by atoms with E-state index in [1.807, 2.05) is 25.1 Å². The highest BCUT2D eigenvalue weighted by molar-refractivity contribution is 5.75. The maximum atomic E-state index is 13.8. The van der Waals surface area contributed by atoms with Crippen LogP contribution >= 0.6 is 0 Å². The molecule has 18 heavy (non-hydrogen) atoms. The van der Waals surface area contributed by atoms with Crippen molar-refractivity contribution < 1.29 is 4.39 Å². The SMILES string of the molecule is CCc1cccc(C)c1Nc1c(N)cccc1F. The summed E-state index contributed by atoms with van der Waals surface area (Å²) in [5.41, 5.74) is 9.75. The molecule has 0 saturated carbocycles. The zero-order valence-corrected chi connectivity index (χ0v) is 10.6. The standard InChI is InChI=1S/C15H17FN2/c1-3-11-7-4-6-10(2)14(11)18-15-12(16)8-5-9-13(15)17/h4-9,18H,3,17H2,1-2H3. The second-order valence-corrected chi connectivity index (χ2v) is 4.29. The molecule has 0 aromatic heterocycles. The molecule has 0 bridgehead atoms. The molecule has 0 unspecified atom stereocenters. The number of aryl methyl sites for hydroxylation is 2. The molecule has 94 valence electrons. The quantitative estimate of drug-likeness (QED) is 0.800. The summed E-state index contributed by atoms with van der Waals surface area (Å²) < 4.78 is 13.8. The number of hydrogen-bond acceptors (Lipinski definition) is 2. The molecule has 0 spiro atoms. The average Bonchev–Trinajstić information content (AvgIpc) is 2.35. The molecule has 0 atom stereocenters. The minimum Gasteiger partial charge on any atom is -0.397 e. The first-order valence-electron chi connectivity index (χ1n) is 6.03. The second-order valence-electron chi connectivity index (χ2n) is 4.29. The molecular formula is C15H17FN2. The number of hydrogen-bond donors (Lipinski definition) is 2. The summed E-state index contributed by atoms with van der Waals surface area (Å²) >= 11 is 0. The normalized spacial score (nSPS) is 10.4. The largest absolute Gasteiger partial charge is 0.397 e. The van der Waals surface area contributed by atoms with E-state index in [1.165, 1.54) is 6.07 Å². The summed E-state index contributed by atoms with van der Waals surface area (Å²) in [5, 5.41) is 3.13. The summed E-state index contributed by atoms with van der Waals surface area (Å²) in [6, 6.07) is 10.7. The van der Waals surface area contributed by atoms with Gasteiger partial charge in [-0.05, 0) is 36.6 Å². The summed E-state index contributed by atoms with van der Waals surface area (Å²) in [4.78, 5) is 0. The summed E-state index contributed by atoms with van der Waals surface area (Å²) in [5.74, 6) is -0.333. The Morgan fingerprint density at radius 1 is 1.11 bits per heavy atom. The zero-order valence-electron chi connectivity index (χ0n) is 10.6. The fraction of sp³-hybridized carbons (Fsp3) is 0.200. The monoisotopic (exact) mass is 244 g/mol. The summed E-state index contributed by atoms with van der Waals surface area (Å²) in [6.07, 6.45) is 0.887. The number of nitrogen functional groups attached to an aromatic ring is 1. The van der Waals surface area contributed by atoms with Crippen LogP contribution in [0.1, 0.15) is 18.1 Å². The van der Waals surface area contributed by atoms with E-state index in [-0.39, 0.29) is 5.82 Å². The molecule has 0 saturated heterocycles. The maximum Gasteiger partial charge on any atom is 0.148 e. The first-order valence-corrected chi connectivity index (χ1v) is 6.03.